The molecule has 0 atom stereocenters. The predicted octanol–water partition coefficient (Wildman–Crippen LogP) is 1.98. The quantitative estimate of drug-likeness (QED) is 0.914. The van der Waals surface area contributed by atoms with Crippen molar-refractivity contribution >= 4 is 11.6 Å². The van der Waals surface area contributed by atoms with Crippen LogP contribution in [0.5, 0.6) is 0 Å². The van der Waals surface area contributed by atoms with Crippen LogP contribution in [-0.4, -0.2) is 37.5 Å². The number of benzene rings is 1. The van der Waals surface area contributed by atoms with Crippen LogP contribution < -0.4 is 10.6 Å². The largest absolute Gasteiger partial charge is 0.365 e. The Bertz CT molecular complexity index is 439. The van der Waals surface area contributed by atoms with Gasteiger partial charge in [-0.2, -0.15) is 0 Å². The highest BCUT2D eigenvalue weighted by Gasteiger charge is 2.17. The van der Waals surface area contributed by atoms with Crippen LogP contribution >= 0.6 is 0 Å². The number of carbonyl (C=O) groups is 1. The van der Waals surface area contributed by atoms with Crippen LogP contribution in [0, 0.1) is 0 Å². The Morgan fingerprint density at radius 2 is 1.95 bits per heavy atom. The molecular weight excluding hydrogens is 250 g/mol. The van der Waals surface area contributed by atoms with Gasteiger partial charge in [-0.25, -0.2) is 0 Å². The topological polar surface area (TPSA) is 49.6 Å². The second kappa shape index (κ2) is 7.29. The molecule has 1 fully saturated rings. The van der Waals surface area contributed by atoms with Crippen molar-refractivity contribution < 1.29 is 4.79 Å². The number of anilines is 1. The molecule has 4 heteroatoms. The molecule has 0 aromatic heterocycles. The highest BCUT2D eigenvalue weighted by Crippen LogP contribution is 2.15. The van der Waals surface area contributed by atoms with Crippen LogP contribution in [0.25, 0.3) is 0 Å². The minimum absolute atomic E-state index is 0.229. The summed E-state index contributed by atoms with van der Waals surface area (Å²) in [6.45, 7) is 2.79. The monoisotopic (exact) mass is 275 g/mol. The molecule has 0 unspecified atom stereocenters. The third-order valence-corrected chi connectivity index (χ3v) is 3.92. The van der Waals surface area contributed by atoms with Gasteiger partial charge in [0.1, 0.15) is 0 Å². The molecule has 0 radical (unpaired) electrons. The first-order valence-electron chi connectivity index (χ1n) is 7.48. The predicted molar refractivity (Wildman–Crippen MR) is 82.7 cm³/mol. The number of likely N-dealkylation sites (N-methyl/N-ethyl adjacent to an activating group) is 1. The molecule has 2 N–H and O–H groups in total. The van der Waals surface area contributed by atoms with E-state index in [-0.39, 0.29) is 5.91 Å². The van der Waals surface area contributed by atoms with Gasteiger partial charge in [0.25, 0.3) is 0 Å². The van der Waals surface area contributed by atoms with Crippen LogP contribution in [0.4, 0.5) is 5.69 Å². The van der Waals surface area contributed by atoms with Crippen molar-refractivity contribution in [1.29, 1.82) is 0 Å². The van der Waals surface area contributed by atoms with E-state index >= 15 is 0 Å². The smallest absolute Gasteiger partial charge is 0.242 e. The van der Waals surface area contributed by atoms with Gasteiger partial charge in [0.15, 0.2) is 0 Å². The van der Waals surface area contributed by atoms with E-state index in [1.54, 1.807) is 0 Å². The summed E-state index contributed by atoms with van der Waals surface area (Å²) in [4.78, 5) is 16.4. The number of nitrogens with zero attached hydrogens (tertiary/aromatic N) is 2. The highest BCUT2D eigenvalue weighted by atomic mass is 16.2. The summed E-state index contributed by atoms with van der Waals surface area (Å²) in [5.74, 6) is 0.229. The Kier molecular flexibility index (Phi) is 5.41. The Morgan fingerprint density at radius 3 is 2.60 bits per heavy atom. The van der Waals surface area contributed by atoms with E-state index in [1.807, 2.05) is 35.0 Å². The van der Waals surface area contributed by atoms with Crippen molar-refractivity contribution in [3.05, 3.63) is 29.8 Å². The molecule has 0 spiro atoms. The second-order valence-electron chi connectivity index (χ2n) is 5.53. The molecule has 1 aliphatic rings. The Hall–Kier alpha value is -1.55. The van der Waals surface area contributed by atoms with Gasteiger partial charge in [-0.05, 0) is 30.5 Å². The lowest BCUT2D eigenvalue weighted by molar-refractivity contribution is -0.129. The first-order chi connectivity index (χ1) is 9.70. The molecule has 1 aromatic carbocycles. The van der Waals surface area contributed by atoms with Crippen LogP contribution in [0.2, 0.25) is 0 Å². The summed E-state index contributed by atoms with van der Waals surface area (Å²) in [6.07, 6.45) is 4.77. The van der Waals surface area contributed by atoms with Gasteiger partial charge in [-0.15, -0.1) is 0 Å². The average Bonchev–Trinajstić information content (AvgIpc) is 2.76. The summed E-state index contributed by atoms with van der Waals surface area (Å²) in [6, 6.07) is 8.07. The lowest BCUT2D eigenvalue weighted by Gasteiger charge is -2.25. The summed E-state index contributed by atoms with van der Waals surface area (Å²) >= 11 is 0. The number of carbonyl (C=O) groups excluding carboxylic acids is 1. The first kappa shape index (κ1) is 14.9. The standard InChI is InChI=1S/C16H25N3O/c1-18(15-8-6-7-14(11-15)12-17)13-16(20)19-9-4-2-3-5-10-19/h6-8,11H,2-5,9-10,12-13,17H2,1H3. The highest BCUT2D eigenvalue weighted by molar-refractivity contribution is 5.81. The zero-order valence-electron chi connectivity index (χ0n) is 12.3. The van der Waals surface area contributed by atoms with Crippen molar-refractivity contribution in [2.75, 3.05) is 31.6 Å². The molecule has 0 bridgehead atoms. The minimum Gasteiger partial charge on any atom is -0.365 e. The fraction of sp³-hybridized carbons (Fsp3) is 0.562. The summed E-state index contributed by atoms with van der Waals surface area (Å²) in [7, 11) is 1.96. The fourth-order valence-electron chi connectivity index (χ4n) is 2.64. The number of hydrogen-bond donors (Lipinski definition) is 1. The van der Waals surface area contributed by atoms with E-state index in [0.717, 1.165) is 37.2 Å². The summed E-state index contributed by atoms with van der Waals surface area (Å²) < 4.78 is 0. The van der Waals surface area contributed by atoms with Gasteiger partial charge in [-0.3, -0.25) is 4.79 Å². The van der Waals surface area contributed by atoms with Crippen LogP contribution in [0.1, 0.15) is 31.2 Å². The van der Waals surface area contributed by atoms with Crippen LogP contribution in [0.15, 0.2) is 24.3 Å². The maximum absolute atomic E-state index is 12.3. The lowest BCUT2D eigenvalue weighted by Crippen LogP contribution is -2.39. The Labute approximate surface area is 121 Å². The Balaban J connectivity index is 1.95. The van der Waals surface area contributed by atoms with Crippen molar-refractivity contribution in [2.24, 2.45) is 5.73 Å². The third kappa shape index (κ3) is 3.97. The van der Waals surface area contributed by atoms with Gasteiger partial charge in [0.05, 0.1) is 6.54 Å². The van der Waals surface area contributed by atoms with Gasteiger partial charge >= 0.3 is 0 Å². The number of hydrogen-bond acceptors (Lipinski definition) is 3. The van der Waals surface area contributed by atoms with Crippen molar-refractivity contribution in [3.8, 4) is 0 Å². The van der Waals surface area contributed by atoms with E-state index in [9.17, 15) is 4.79 Å². The van der Waals surface area contributed by atoms with Gasteiger partial charge in [0, 0.05) is 32.4 Å². The first-order valence-corrected chi connectivity index (χ1v) is 7.48. The molecule has 1 saturated heterocycles. The van der Waals surface area contributed by atoms with Crippen molar-refractivity contribution in [2.45, 2.75) is 32.2 Å². The molecule has 1 aromatic rings. The fourth-order valence-corrected chi connectivity index (χ4v) is 2.64. The van der Waals surface area contributed by atoms with Crippen molar-refractivity contribution in [3.63, 3.8) is 0 Å². The number of amides is 1. The molecule has 4 nitrogen and oxygen atoms in total. The maximum atomic E-state index is 12.3. The van der Waals surface area contributed by atoms with E-state index < -0.39 is 0 Å². The average molecular weight is 275 g/mol. The van der Waals surface area contributed by atoms with E-state index in [4.69, 9.17) is 5.73 Å². The molecule has 1 heterocycles. The second-order valence-corrected chi connectivity index (χ2v) is 5.53. The Morgan fingerprint density at radius 1 is 1.25 bits per heavy atom. The molecule has 20 heavy (non-hydrogen) atoms. The van der Waals surface area contributed by atoms with Crippen LogP contribution in [-0.2, 0) is 11.3 Å². The molecule has 2 rings (SSSR count). The molecular formula is C16H25N3O. The zero-order chi connectivity index (χ0) is 14.4. The normalized spacial score (nSPS) is 15.8. The molecule has 110 valence electrons. The van der Waals surface area contributed by atoms with Crippen LogP contribution in [0.3, 0.4) is 0 Å². The minimum atomic E-state index is 0.229. The van der Waals surface area contributed by atoms with Gasteiger partial charge in [0.2, 0.25) is 5.91 Å². The molecule has 1 aliphatic heterocycles. The summed E-state index contributed by atoms with van der Waals surface area (Å²) in [5, 5.41) is 0. The SMILES string of the molecule is CN(CC(=O)N1CCCCCC1)c1cccc(CN)c1. The zero-order valence-corrected chi connectivity index (χ0v) is 12.3. The number of rotatable bonds is 4. The van der Waals surface area contributed by atoms with E-state index in [0.29, 0.717) is 13.1 Å². The van der Waals surface area contributed by atoms with Crippen molar-refractivity contribution in [1.82, 2.24) is 4.90 Å². The molecule has 0 aliphatic carbocycles. The molecule has 0 saturated carbocycles. The lowest BCUT2D eigenvalue weighted by atomic mass is 10.2. The van der Waals surface area contributed by atoms with E-state index in [1.165, 1.54) is 12.8 Å². The van der Waals surface area contributed by atoms with E-state index in [2.05, 4.69) is 6.07 Å². The van der Waals surface area contributed by atoms with Gasteiger partial charge in [-0.1, -0.05) is 25.0 Å². The van der Waals surface area contributed by atoms with Gasteiger partial charge < -0.3 is 15.5 Å². The third-order valence-electron chi connectivity index (χ3n) is 3.92. The molecule has 1 amide bonds. The number of likely N-dealkylation sites (tertiary alicyclic amines) is 1. The summed E-state index contributed by atoms with van der Waals surface area (Å²) in [5.41, 5.74) is 7.81. The number of nitrogens with two attached hydrogens (primary N) is 1. The maximum Gasteiger partial charge on any atom is 0.242 e.